The number of rotatable bonds is 2. The predicted molar refractivity (Wildman–Crippen MR) is 109 cm³/mol. The van der Waals surface area contributed by atoms with Gasteiger partial charge in [-0.25, -0.2) is 9.97 Å². The molecule has 4 aromatic carbocycles. The van der Waals surface area contributed by atoms with Crippen molar-refractivity contribution in [3.63, 3.8) is 0 Å². The van der Waals surface area contributed by atoms with E-state index in [1.165, 1.54) is 5.39 Å². The molecular formula is C23H17N3. The third-order valence-electron chi connectivity index (χ3n) is 4.83. The maximum absolute atomic E-state index is 4.90. The Hall–Kier alpha value is -3.46. The number of anilines is 2. The molecular weight excluding hydrogens is 318 g/mol. The van der Waals surface area contributed by atoms with Gasteiger partial charge in [0.15, 0.2) is 0 Å². The maximum atomic E-state index is 4.90. The van der Waals surface area contributed by atoms with E-state index in [-0.39, 0.29) is 0 Å². The fourth-order valence-corrected chi connectivity index (χ4v) is 3.50. The summed E-state index contributed by atoms with van der Waals surface area (Å²) in [6.07, 6.45) is 0. The van der Waals surface area contributed by atoms with Gasteiger partial charge in [0.1, 0.15) is 0 Å². The molecule has 3 nitrogen and oxygen atoms in total. The predicted octanol–water partition coefficient (Wildman–Crippen LogP) is 5.70. The monoisotopic (exact) mass is 335 g/mol. The maximum Gasteiger partial charge on any atom is 0.0974 e. The molecule has 1 heterocycles. The summed E-state index contributed by atoms with van der Waals surface area (Å²) >= 11 is 0. The van der Waals surface area contributed by atoms with Gasteiger partial charge >= 0.3 is 0 Å². The number of hydrogen-bond donors (Lipinski definition) is 0. The minimum atomic E-state index is 0.917. The van der Waals surface area contributed by atoms with Gasteiger partial charge in [0.2, 0.25) is 0 Å². The zero-order valence-corrected chi connectivity index (χ0v) is 14.4. The zero-order valence-electron chi connectivity index (χ0n) is 14.4. The van der Waals surface area contributed by atoms with Gasteiger partial charge in [-0.1, -0.05) is 54.6 Å². The first-order valence-corrected chi connectivity index (χ1v) is 8.68. The number of para-hydroxylation sites is 3. The number of benzene rings is 4. The van der Waals surface area contributed by atoms with Crippen LogP contribution in [0, 0.1) is 0 Å². The minimum absolute atomic E-state index is 0.917. The Kier molecular flexibility index (Phi) is 3.32. The van der Waals surface area contributed by atoms with Crippen LogP contribution in [0.5, 0.6) is 0 Å². The third-order valence-corrected chi connectivity index (χ3v) is 4.83. The number of nitrogens with zero attached hydrogens (tertiary/aromatic N) is 3. The first-order valence-electron chi connectivity index (χ1n) is 8.68. The lowest BCUT2D eigenvalue weighted by atomic mass is 10.0. The fraction of sp³-hybridized carbons (Fsp3) is 0.0435. The van der Waals surface area contributed by atoms with Crippen molar-refractivity contribution in [2.75, 3.05) is 11.9 Å². The van der Waals surface area contributed by atoms with E-state index in [9.17, 15) is 0 Å². The zero-order chi connectivity index (χ0) is 17.5. The summed E-state index contributed by atoms with van der Waals surface area (Å²) in [6, 6.07) is 29.0. The molecule has 0 atom stereocenters. The molecule has 0 aliphatic carbocycles. The van der Waals surface area contributed by atoms with Crippen molar-refractivity contribution in [3.05, 3.63) is 84.9 Å². The number of aromatic nitrogens is 2. The van der Waals surface area contributed by atoms with Gasteiger partial charge in [-0.3, -0.25) is 0 Å². The van der Waals surface area contributed by atoms with E-state index in [1.54, 1.807) is 0 Å². The Morgan fingerprint density at radius 3 is 2.00 bits per heavy atom. The quantitative estimate of drug-likeness (QED) is 0.306. The Bertz CT molecular complexity index is 1250. The molecule has 0 N–H and O–H groups in total. The van der Waals surface area contributed by atoms with Gasteiger partial charge in [0.05, 0.1) is 27.8 Å². The van der Waals surface area contributed by atoms with Crippen LogP contribution in [0.25, 0.3) is 32.8 Å². The Morgan fingerprint density at radius 1 is 0.615 bits per heavy atom. The van der Waals surface area contributed by atoms with Gasteiger partial charge in [-0.2, -0.15) is 0 Å². The highest BCUT2D eigenvalue weighted by Gasteiger charge is 2.13. The summed E-state index contributed by atoms with van der Waals surface area (Å²) in [5.74, 6) is 0. The largest absolute Gasteiger partial charge is 0.344 e. The lowest BCUT2D eigenvalue weighted by molar-refractivity contribution is 1.22. The smallest absolute Gasteiger partial charge is 0.0974 e. The van der Waals surface area contributed by atoms with Crippen molar-refractivity contribution in [2.24, 2.45) is 0 Å². The van der Waals surface area contributed by atoms with Crippen LogP contribution in [0.1, 0.15) is 0 Å². The van der Waals surface area contributed by atoms with Crippen molar-refractivity contribution in [1.29, 1.82) is 0 Å². The van der Waals surface area contributed by atoms with Gasteiger partial charge in [-0.15, -0.1) is 0 Å². The molecule has 3 heteroatoms. The Labute approximate surface area is 151 Å². The van der Waals surface area contributed by atoms with Crippen LogP contribution >= 0.6 is 0 Å². The summed E-state index contributed by atoms with van der Waals surface area (Å²) in [6.45, 7) is 0. The van der Waals surface area contributed by atoms with Crippen LogP contribution < -0.4 is 4.90 Å². The number of fused-ring (bicyclic) bond motifs is 4. The molecule has 124 valence electrons. The van der Waals surface area contributed by atoms with Gasteiger partial charge in [-0.05, 0) is 30.3 Å². The molecule has 0 radical (unpaired) electrons. The van der Waals surface area contributed by atoms with Crippen LogP contribution in [-0.4, -0.2) is 17.0 Å². The molecule has 0 bridgehead atoms. The van der Waals surface area contributed by atoms with Crippen LogP contribution in [0.4, 0.5) is 11.4 Å². The van der Waals surface area contributed by atoms with Crippen molar-refractivity contribution < 1.29 is 0 Å². The number of hydrogen-bond acceptors (Lipinski definition) is 3. The lowest BCUT2D eigenvalue weighted by Crippen LogP contribution is -2.10. The summed E-state index contributed by atoms with van der Waals surface area (Å²) in [5.41, 5.74) is 5.98. The molecule has 0 fully saturated rings. The minimum Gasteiger partial charge on any atom is -0.344 e. The molecule has 1 aromatic heterocycles. The van der Waals surface area contributed by atoms with Crippen LogP contribution in [-0.2, 0) is 0 Å². The molecule has 26 heavy (non-hydrogen) atoms. The SMILES string of the molecule is CN(c1ccccc1)c1cc2nc3ccccc3nc2c2ccccc12. The van der Waals surface area contributed by atoms with E-state index in [0.717, 1.165) is 38.8 Å². The molecule has 0 saturated heterocycles. The summed E-state index contributed by atoms with van der Waals surface area (Å²) in [7, 11) is 2.09. The van der Waals surface area contributed by atoms with E-state index in [1.807, 2.05) is 30.3 Å². The Morgan fingerprint density at radius 2 is 1.23 bits per heavy atom. The van der Waals surface area contributed by atoms with E-state index in [0.29, 0.717) is 0 Å². The summed E-state index contributed by atoms with van der Waals surface area (Å²) in [5, 5.41) is 2.30. The van der Waals surface area contributed by atoms with Crippen LogP contribution in [0.3, 0.4) is 0 Å². The van der Waals surface area contributed by atoms with Gasteiger partial charge in [0.25, 0.3) is 0 Å². The first-order chi connectivity index (χ1) is 12.8. The molecule has 5 aromatic rings. The standard InChI is InChI=1S/C23H17N3/c1-26(16-9-3-2-4-10-16)22-15-21-23(18-12-6-5-11-17(18)22)25-20-14-8-7-13-19(20)24-21/h2-15H,1H3. The molecule has 5 rings (SSSR count). The third kappa shape index (κ3) is 2.29. The van der Waals surface area contributed by atoms with Crippen molar-refractivity contribution in [1.82, 2.24) is 9.97 Å². The van der Waals surface area contributed by atoms with E-state index < -0.39 is 0 Å². The summed E-state index contributed by atoms with van der Waals surface area (Å²) in [4.78, 5) is 12.0. The van der Waals surface area contributed by atoms with Crippen LogP contribution in [0.15, 0.2) is 84.9 Å². The van der Waals surface area contributed by atoms with E-state index in [4.69, 9.17) is 9.97 Å². The molecule has 0 saturated carbocycles. The van der Waals surface area contributed by atoms with Gasteiger partial charge in [0, 0.05) is 23.5 Å². The lowest BCUT2D eigenvalue weighted by Gasteiger charge is -2.22. The van der Waals surface area contributed by atoms with Crippen molar-refractivity contribution in [2.45, 2.75) is 0 Å². The van der Waals surface area contributed by atoms with Crippen molar-refractivity contribution >= 4 is 44.2 Å². The van der Waals surface area contributed by atoms with E-state index >= 15 is 0 Å². The normalized spacial score (nSPS) is 11.3. The second-order valence-corrected chi connectivity index (χ2v) is 6.42. The molecule has 0 aliphatic heterocycles. The molecule has 0 aliphatic rings. The highest BCUT2D eigenvalue weighted by atomic mass is 15.1. The topological polar surface area (TPSA) is 29.0 Å². The Balaban J connectivity index is 1.86. The second-order valence-electron chi connectivity index (χ2n) is 6.42. The molecule has 0 amide bonds. The summed E-state index contributed by atoms with van der Waals surface area (Å²) < 4.78 is 0. The first kappa shape index (κ1) is 14.8. The fourth-order valence-electron chi connectivity index (χ4n) is 3.50. The average molecular weight is 335 g/mol. The molecule has 0 spiro atoms. The van der Waals surface area contributed by atoms with Crippen molar-refractivity contribution in [3.8, 4) is 0 Å². The highest BCUT2D eigenvalue weighted by molar-refractivity contribution is 6.12. The highest BCUT2D eigenvalue weighted by Crippen LogP contribution is 2.35. The van der Waals surface area contributed by atoms with E-state index in [2.05, 4.69) is 66.5 Å². The van der Waals surface area contributed by atoms with Crippen LogP contribution in [0.2, 0.25) is 0 Å². The molecule has 0 unspecified atom stereocenters. The second kappa shape index (κ2) is 5.81. The van der Waals surface area contributed by atoms with Gasteiger partial charge < -0.3 is 4.90 Å². The average Bonchev–Trinajstić information content (AvgIpc) is 2.72.